The molecule has 0 bridgehead atoms. The molecule has 5 rings (SSSR count). The zero-order valence-corrected chi connectivity index (χ0v) is 16.6. The molecule has 3 heterocycles. The summed E-state index contributed by atoms with van der Waals surface area (Å²) in [6, 6.07) is 10.1. The molecule has 4 aromatic rings. The van der Waals surface area contributed by atoms with Crippen LogP contribution in [0.4, 0.5) is 27.8 Å². The molecule has 0 atom stereocenters. The molecule has 2 N–H and O–H groups in total. The van der Waals surface area contributed by atoms with Gasteiger partial charge in [-0.05, 0) is 30.3 Å². The molecule has 6 nitrogen and oxygen atoms in total. The highest BCUT2D eigenvalue weighted by molar-refractivity contribution is 5.69. The third kappa shape index (κ3) is 4.04. The minimum absolute atomic E-state index is 0.00238. The van der Waals surface area contributed by atoms with E-state index in [2.05, 4.69) is 20.6 Å². The van der Waals surface area contributed by atoms with Crippen molar-refractivity contribution in [2.75, 3.05) is 5.43 Å². The first kappa shape index (κ1) is 20.7. The minimum Gasteiger partial charge on any atom is -0.359 e. The summed E-state index contributed by atoms with van der Waals surface area (Å²) in [7, 11) is 0. The van der Waals surface area contributed by atoms with Gasteiger partial charge >= 0.3 is 6.18 Å². The number of nitrogens with zero attached hydrogens (tertiary/aromatic N) is 3. The lowest BCUT2D eigenvalue weighted by molar-refractivity contribution is -0.137. The van der Waals surface area contributed by atoms with Gasteiger partial charge in [0.25, 0.3) is 0 Å². The highest BCUT2D eigenvalue weighted by Crippen LogP contribution is 2.31. The molecule has 1 aliphatic heterocycles. The third-order valence-corrected chi connectivity index (χ3v) is 5.00. The number of hydrazine groups is 1. The summed E-state index contributed by atoms with van der Waals surface area (Å²) in [6.45, 7) is 0.222. The molecule has 1 aliphatic rings. The standard InChI is InChI=1S/C22H14F5N5O/c23-16-3-1-2-15(19(16)24)20-28-17-8-9-32(30-21(17)29-20)11-14-10-18(31-33-14)12-4-6-13(7-5-12)22(25,26)27/h1-10,30H,11H2,(H,28,29). The first-order valence-corrected chi connectivity index (χ1v) is 9.67. The number of anilines is 1. The van der Waals surface area contributed by atoms with Crippen molar-refractivity contribution in [3.05, 3.63) is 83.4 Å². The van der Waals surface area contributed by atoms with E-state index in [9.17, 15) is 22.0 Å². The van der Waals surface area contributed by atoms with Crippen LogP contribution in [-0.4, -0.2) is 20.1 Å². The van der Waals surface area contributed by atoms with Crippen molar-refractivity contribution >= 4 is 11.9 Å². The predicted octanol–water partition coefficient (Wildman–Crippen LogP) is 5.84. The van der Waals surface area contributed by atoms with Gasteiger partial charge in [0.15, 0.2) is 23.2 Å². The fourth-order valence-corrected chi connectivity index (χ4v) is 3.36. The van der Waals surface area contributed by atoms with Gasteiger partial charge in [0.2, 0.25) is 0 Å². The van der Waals surface area contributed by atoms with Gasteiger partial charge in [-0.25, -0.2) is 13.8 Å². The van der Waals surface area contributed by atoms with Crippen LogP contribution in [0, 0.1) is 11.6 Å². The number of halogens is 5. The molecule has 11 heteroatoms. The average Bonchev–Trinajstić information content (AvgIpc) is 3.42. The van der Waals surface area contributed by atoms with E-state index in [1.54, 1.807) is 23.4 Å². The van der Waals surface area contributed by atoms with Crippen LogP contribution in [-0.2, 0) is 12.7 Å². The number of fused-ring (bicyclic) bond motifs is 1. The first-order valence-electron chi connectivity index (χ1n) is 9.67. The summed E-state index contributed by atoms with van der Waals surface area (Å²) in [5.41, 5.74) is 3.73. The van der Waals surface area contributed by atoms with E-state index < -0.39 is 23.4 Å². The van der Waals surface area contributed by atoms with Crippen molar-refractivity contribution in [1.82, 2.24) is 20.1 Å². The Morgan fingerprint density at radius 1 is 1.03 bits per heavy atom. The average molecular weight is 459 g/mol. The summed E-state index contributed by atoms with van der Waals surface area (Å²) in [6.07, 6.45) is -1.02. The van der Waals surface area contributed by atoms with E-state index in [0.717, 1.165) is 18.2 Å². The number of aromatic amines is 1. The Labute approximate surface area is 183 Å². The minimum atomic E-state index is -4.41. The number of imidazole rings is 1. The molecule has 0 aliphatic carbocycles. The summed E-state index contributed by atoms with van der Waals surface area (Å²) < 4.78 is 71.1. The van der Waals surface area contributed by atoms with Crippen molar-refractivity contribution in [1.29, 1.82) is 0 Å². The van der Waals surface area contributed by atoms with Crippen LogP contribution in [0.2, 0.25) is 0 Å². The second-order valence-electron chi connectivity index (χ2n) is 7.26. The number of hydrogen-bond acceptors (Lipinski definition) is 5. The Morgan fingerprint density at radius 3 is 2.58 bits per heavy atom. The van der Waals surface area contributed by atoms with Crippen LogP contribution in [0.5, 0.6) is 0 Å². The number of benzene rings is 2. The number of nitrogens with one attached hydrogen (secondary N) is 2. The molecule has 0 radical (unpaired) electrons. The number of rotatable bonds is 4. The quantitative estimate of drug-likeness (QED) is 0.375. The van der Waals surface area contributed by atoms with Gasteiger partial charge in [-0.1, -0.05) is 23.4 Å². The van der Waals surface area contributed by atoms with Gasteiger partial charge in [-0.15, -0.1) is 0 Å². The largest absolute Gasteiger partial charge is 0.416 e. The number of alkyl halides is 3. The zero-order valence-electron chi connectivity index (χ0n) is 16.6. The van der Waals surface area contributed by atoms with Gasteiger partial charge in [0, 0.05) is 17.8 Å². The van der Waals surface area contributed by atoms with E-state index in [1.807, 2.05) is 0 Å². The van der Waals surface area contributed by atoms with Crippen LogP contribution in [0.15, 0.2) is 59.3 Å². The zero-order chi connectivity index (χ0) is 23.2. The molecule has 0 amide bonds. The number of hydrogen-bond donors (Lipinski definition) is 2. The van der Waals surface area contributed by atoms with Crippen LogP contribution >= 0.6 is 0 Å². The molecular formula is C22H14F5N5O. The Bertz CT molecular complexity index is 1340. The fourth-order valence-electron chi connectivity index (χ4n) is 3.36. The first-order chi connectivity index (χ1) is 15.8. The molecule has 0 unspecified atom stereocenters. The maximum Gasteiger partial charge on any atom is 0.416 e. The van der Waals surface area contributed by atoms with Crippen LogP contribution in [0.1, 0.15) is 17.0 Å². The van der Waals surface area contributed by atoms with Gasteiger partial charge in [-0.2, -0.15) is 13.2 Å². The molecular weight excluding hydrogens is 445 g/mol. The molecule has 2 aromatic heterocycles. The monoisotopic (exact) mass is 459 g/mol. The second kappa shape index (κ2) is 7.76. The Kier molecular flexibility index (Phi) is 4.88. The third-order valence-electron chi connectivity index (χ3n) is 5.00. The van der Waals surface area contributed by atoms with Crippen LogP contribution < -0.4 is 5.43 Å². The summed E-state index contributed by atoms with van der Waals surface area (Å²) in [5.74, 6) is -0.959. The van der Waals surface area contributed by atoms with Gasteiger partial charge < -0.3 is 9.51 Å². The highest BCUT2D eigenvalue weighted by atomic mass is 19.4. The van der Waals surface area contributed by atoms with Crippen molar-refractivity contribution in [2.45, 2.75) is 12.7 Å². The fraction of sp³-hybridized carbons (Fsp3) is 0.0909. The lowest BCUT2D eigenvalue weighted by atomic mass is 10.1. The molecule has 0 spiro atoms. The van der Waals surface area contributed by atoms with E-state index in [4.69, 9.17) is 4.52 Å². The molecule has 168 valence electrons. The predicted molar refractivity (Wildman–Crippen MR) is 109 cm³/mol. The summed E-state index contributed by atoms with van der Waals surface area (Å²) >= 11 is 0. The smallest absolute Gasteiger partial charge is 0.359 e. The normalized spacial score (nSPS) is 13.2. The summed E-state index contributed by atoms with van der Waals surface area (Å²) in [5, 5.41) is 5.55. The second-order valence-corrected chi connectivity index (χ2v) is 7.26. The molecule has 2 aromatic carbocycles. The number of H-pyrrole nitrogens is 1. The summed E-state index contributed by atoms with van der Waals surface area (Å²) in [4.78, 5) is 7.22. The van der Waals surface area contributed by atoms with Crippen LogP contribution in [0.25, 0.3) is 28.7 Å². The van der Waals surface area contributed by atoms with E-state index in [-0.39, 0.29) is 17.9 Å². The van der Waals surface area contributed by atoms with Crippen LogP contribution in [0.3, 0.4) is 0 Å². The highest BCUT2D eigenvalue weighted by Gasteiger charge is 2.30. The van der Waals surface area contributed by atoms with Gasteiger partial charge in [0.05, 0.1) is 23.4 Å². The lowest BCUT2D eigenvalue weighted by Crippen LogP contribution is -2.26. The maximum atomic E-state index is 14.1. The molecule has 0 saturated heterocycles. The Hall–Kier alpha value is -4.15. The molecule has 0 saturated carbocycles. The van der Waals surface area contributed by atoms with Gasteiger partial charge in [0.1, 0.15) is 11.5 Å². The molecule has 0 fully saturated rings. The lowest BCUT2D eigenvalue weighted by Gasteiger charge is -2.23. The van der Waals surface area contributed by atoms with Crippen molar-refractivity contribution < 1.29 is 26.5 Å². The van der Waals surface area contributed by atoms with E-state index in [1.165, 1.54) is 24.3 Å². The Morgan fingerprint density at radius 2 is 1.82 bits per heavy atom. The topological polar surface area (TPSA) is 70.0 Å². The van der Waals surface area contributed by atoms with Crippen molar-refractivity contribution in [2.24, 2.45) is 0 Å². The Balaban J connectivity index is 1.30. The van der Waals surface area contributed by atoms with E-state index >= 15 is 0 Å². The van der Waals surface area contributed by atoms with E-state index in [0.29, 0.717) is 28.5 Å². The van der Waals surface area contributed by atoms with Crippen molar-refractivity contribution in [3.8, 4) is 22.6 Å². The maximum absolute atomic E-state index is 14.1. The number of aromatic nitrogens is 3. The van der Waals surface area contributed by atoms with Crippen molar-refractivity contribution in [3.63, 3.8) is 0 Å². The van der Waals surface area contributed by atoms with Gasteiger partial charge in [-0.3, -0.25) is 10.4 Å². The SMILES string of the molecule is Fc1cccc(-c2nc3c([nH]2)C=CN(Cc2cc(-c4ccc(C(F)(F)F)cc4)no2)N3)c1F. The molecule has 33 heavy (non-hydrogen) atoms.